The molecule has 0 N–H and O–H groups in total. The normalized spacial score (nSPS) is 8.69. The van der Waals surface area contributed by atoms with E-state index in [0.29, 0.717) is 0 Å². The predicted octanol–water partition coefficient (Wildman–Crippen LogP) is 1.66. The van der Waals surface area contributed by atoms with Crippen molar-refractivity contribution >= 4 is 12.2 Å². The van der Waals surface area contributed by atoms with E-state index < -0.39 is 11.9 Å². The number of ether oxygens (including phenoxy) is 1. The van der Waals surface area contributed by atoms with Gasteiger partial charge in [0, 0.05) is 0 Å². The van der Waals surface area contributed by atoms with E-state index in [-0.39, 0.29) is 5.75 Å². The van der Waals surface area contributed by atoms with Gasteiger partial charge >= 0.3 is 6.09 Å². The average Bonchev–Trinajstić information content (AvgIpc) is 2.09. The molecule has 13 heavy (non-hydrogen) atoms. The first-order valence-corrected chi connectivity index (χ1v) is 3.27. The van der Waals surface area contributed by atoms with Gasteiger partial charge in [-0.25, -0.2) is 14.0 Å². The molecule has 0 spiro atoms. The molecule has 0 unspecified atom stereocenters. The molecular formula is C8H4FNO3. The van der Waals surface area contributed by atoms with Crippen LogP contribution in [0.1, 0.15) is 0 Å². The number of isocyanates is 1. The van der Waals surface area contributed by atoms with Crippen molar-refractivity contribution < 1.29 is 18.7 Å². The van der Waals surface area contributed by atoms with Crippen molar-refractivity contribution in [1.29, 1.82) is 0 Å². The zero-order chi connectivity index (χ0) is 9.68. The third-order valence-electron chi connectivity index (χ3n) is 1.16. The number of aliphatic imine (C=N–C) groups is 1. The average molecular weight is 181 g/mol. The molecule has 0 saturated carbocycles. The zero-order valence-electron chi connectivity index (χ0n) is 6.36. The summed E-state index contributed by atoms with van der Waals surface area (Å²) in [5, 5.41) is 0. The standard InChI is InChI=1S/C8H4FNO3/c9-6-1-3-7(4-2-6)13-8(12)10-5-11/h1-4H. The Balaban J connectivity index is 2.69. The van der Waals surface area contributed by atoms with E-state index in [4.69, 9.17) is 0 Å². The Kier molecular flexibility index (Phi) is 2.89. The minimum atomic E-state index is -1.08. The van der Waals surface area contributed by atoms with Crippen LogP contribution < -0.4 is 4.74 Å². The molecule has 1 amide bonds. The minimum absolute atomic E-state index is 0.116. The smallest absolute Gasteiger partial charge is 0.408 e. The van der Waals surface area contributed by atoms with Gasteiger partial charge in [0.2, 0.25) is 6.08 Å². The predicted molar refractivity (Wildman–Crippen MR) is 40.5 cm³/mol. The molecule has 0 radical (unpaired) electrons. The van der Waals surface area contributed by atoms with Crippen LogP contribution in [-0.2, 0) is 4.79 Å². The lowest BCUT2D eigenvalue weighted by Gasteiger charge is -1.97. The Morgan fingerprint density at radius 3 is 2.54 bits per heavy atom. The molecule has 0 bridgehead atoms. The largest absolute Gasteiger partial charge is 0.450 e. The summed E-state index contributed by atoms with van der Waals surface area (Å²) < 4.78 is 16.8. The van der Waals surface area contributed by atoms with Gasteiger partial charge in [-0.1, -0.05) is 4.99 Å². The van der Waals surface area contributed by atoms with Crippen LogP contribution in [0.15, 0.2) is 29.3 Å². The van der Waals surface area contributed by atoms with Gasteiger partial charge in [0.05, 0.1) is 0 Å². The second-order valence-corrected chi connectivity index (χ2v) is 2.02. The fourth-order valence-corrected chi connectivity index (χ4v) is 0.664. The number of benzene rings is 1. The maximum Gasteiger partial charge on any atom is 0.450 e. The number of carbonyl (C=O) groups excluding carboxylic acids is 2. The Labute approximate surface area is 72.7 Å². The molecule has 0 aliphatic heterocycles. The van der Waals surface area contributed by atoms with Gasteiger partial charge < -0.3 is 4.74 Å². The molecule has 0 aliphatic carbocycles. The number of hydrogen-bond acceptors (Lipinski definition) is 3. The molecule has 0 saturated heterocycles. The Morgan fingerprint density at radius 1 is 1.38 bits per heavy atom. The van der Waals surface area contributed by atoms with E-state index in [9.17, 15) is 14.0 Å². The Morgan fingerprint density at radius 2 is 2.00 bits per heavy atom. The van der Waals surface area contributed by atoms with Gasteiger partial charge in [0.1, 0.15) is 11.6 Å². The summed E-state index contributed by atoms with van der Waals surface area (Å²) in [4.78, 5) is 22.8. The topological polar surface area (TPSA) is 55.7 Å². The summed E-state index contributed by atoms with van der Waals surface area (Å²) >= 11 is 0. The van der Waals surface area contributed by atoms with Crippen LogP contribution in [-0.4, -0.2) is 12.2 Å². The van der Waals surface area contributed by atoms with Crippen molar-refractivity contribution in [3.8, 4) is 5.75 Å². The van der Waals surface area contributed by atoms with Crippen molar-refractivity contribution in [2.24, 2.45) is 4.99 Å². The van der Waals surface area contributed by atoms with Crippen LogP contribution in [0.4, 0.5) is 9.18 Å². The molecule has 0 aromatic heterocycles. The minimum Gasteiger partial charge on any atom is -0.408 e. The first-order chi connectivity index (χ1) is 6.22. The summed E-state index contributed by atoms with van der Waals surface area (Å²) in [5.74, 6) is -0.330. The SMILES string of the molecule is O=C=NC(=O)Oc1ccc(F)cc1. The van der Waals surface area contributed by atoms with E-state index in [0.717, 1.165) is 18.2 Å². The Bertz CT molecular complexity index is 354. The van der Waals surface area contributed by atoms with E-state index in [2.05, 4.69) is 9.73 Å². The van der Waals surface area contributed by atoms with Crippen molar-refractivity contribution in [1.82, 2.24) is 0 Å². The molecule has 0 heterocycles. The summed E-state index contributed by atoms with van der Waals surface area (Å²) in [5.41, 5.74) is 0. The molecule has 0 atom stereocenters. The molecule has 0 aliphatic rings. The monoisotopic (exact) mass is 181 g/mol. The number of amides is 1. The third kappa shape index (κ3) is 2.84. The quantitative estimate of drug-likeness (QED) is 0.489. The summed E-state index contributed by atoms with van der Waals surface area (Å²) in [6, 6.07) is 4.72. The van der Waals surface area contributed by atoms with Gasteiger partial charge in [-0.2, -0.15) is 0 Å². The summed E-state index contributed by atoms with van der Waals surface area (Å²) in [6.07, 6.45) is -0.0564. The lowest BCUT2D eigenvalue weighted by atomic mass is 10.3. The fourth-order valence-electron chi connectivity index (χ4n) is 0.664. The number of hydrogen-bond donors (Lipinski definition) is 0. The first-order valence-electron chi connectivity index (χ1n) is 3.27. The van der Waals surface area contributed by atoms with Crippen molar-refractivity contribution in [3.63, 3.8) is 0 Å². The van der Waals surface area contributed by atoms with Gasteiger partial charge in [0.15, 0.2) is 0 Å². The van der Waals surface area contributed by atoms with E-state index >= 15 is 0 Å². The number of carbonyl (C=O) groups is 1. The zero-order valence-corrected chi connectivity index (χ0v) is 6.36. The first kappa shape index (κ1) is 9.09. The highest BCUT2D eigenvalue weighted by Gasteiger charge is 2.01. The van der Waals surface area contributed by atoms with E-state index in [1.807, 2.05) is 0 Å². The highest BCUT2D eigenvalue weighted by molar-refractivity contribution is 5.76. The van der Waals surface area contributed by atoms with Crippen molar-refractivity contribution in [2.45, 2.75) is 0 Å². The number of nitrogens with zero attached hydrogens (tertiary/aromatic N) is 1. The van der Waals surface area contributed by atoms with Crippen LogP contribution in [0.2, 0.25) is 0 Å². The van der Waals surface area contributed by atoms with Crippen molar-refractivity contribution in [2.75, 3.05) is 0 Å². The molecule has 1 aromatic carbocycles. The summed E-state index contributed by atoms with van der Waals surface area (Å²) in [7, 11) is 0. The van der Waals surface area contributed by atoms with Gasteiger partial charge in [0.25, 0.3) is 0 Å². The van der Waals surface area contributed by atoms with Crippen LogP contribution in [0.5, 0.6) is 5.75 Å². The number of rotatable bonds is 1. The van der Waals surface area contributed by atoms with Gasteiger partial charge in [-0.05, 0) is 24.3 Å². The second kappa shape index (κ2) is 4.13. The van der Waals surface area contributed by atoms with E-state index in [1.165, 1.54) is 12.1 Å². The van der Waals surface area contributed by atoms with Crippen LogP contribution in [0.3, 0.4) is 0 Å². The summed E-state index contributed by atoms with van der Waals surface area (Å²) in [6.45, 7) is 0. The van der Waals surface area contributed by atoms with Crippen LogP contribution in [0.25, 0.3) is 0 Å². The highest BCUT2D eigenvalue weighted by atomic mass is 19.1. The molecule has 0 fully saturated rings. The molecular weight excluding hydrogens is 177 g/mol. The van der Waals surface area contributed by atoms with E-state index in [1.54, 1.807) is 0 Å². The lowest BCUT2D eigenvalue weighted by molar-refractivity contribution is 0.211. The maximum absolute atomic E-state index is 12.3. The molecule has 66 valence electrons. The second-order valence-electron chi connectivity index (χ2n) is 2.02. The van der Waals surface area contributed by atoms with Crippen LogP contribution in [0, 0.1) is 5.82 Å². The lowest BCUT2D eigenvalue weighted by Crippen LogP contribution is -2.01. The molecule has 5 heteroatoms. The van der Waals surface area contributed by atoms with Crippen molar-refractivity contribution in [3.05, 3.63) is 30.1 Å². The number of halogens is 1. The molecule has 1 rings (SSSR count). The molecule has 1 aromatic rings. The van der Waals surface area contributed by atoms with Gasteiger partial charge in [-0.15, -0.1) is 0 Å². The highest BCUT2D eigenvalue weighted by Crippen LogP contribution is 2.11. The van der Waals surface area contributed by atoms with Gasteiger partial charge in [-0.3, -0.25) is 0 Å². The molecule has 4 nitrogen and oxygen atoms in total. The Hall–Kier alpha value is -2.00. The fraction of sp³-hybridized carbons (Fsp3) is 0. The maximum atomic E-state index is 12.3. The third-order valence-corrected chi connectivity index (χ3v) is 1.16. The van der Waals surface area contributed by atoms with Crippen LogP contribution >= 0.6 is 0 Å².